The lowest BCUT2D eigenvalue weighted by Crippen LogP contribution is -2.30. The molecule has 0 radical (unpaired) electrons. The average molecular weight is 336 g/mol. The van der Waals surface area contributed by atoms with Crippen LogP contribution in [0.1, 0.15) is 18.4 Å². The average Bonchev–Trinajstić information content (AvgIpc) is 2.55. The molecule has 0 bridgehead atoms. The van der Waals surface area contributed by atoms with Crippen LogP contribution in [0.25, 0.3) is 0 Å². The van der Waals surface area contributed by atoms with Gasteiger partial charge in [-0.15, -0.1) is 0 Å². The van der Waals surface area contributed by atoms with Gasteiger partial charge in [-0.3, -0.25) is 14.4 Å². The number of carbonyl (C=O) groups is 3. The number of anilines is 1. The van der Waals surface area contributed by atoms with E-state index in [0.29, 0.717) is 5.69 Å². The van der Waals surface area contributed by atoms with Crippen molar-refractivity contribution in [3.05, 3.63) is 29.8 Å². The Balaban J connectivity index is 1.82. The van der Waals surface area contributed by atoms with Gasteiger partial charge in [0.1, 0.15) is 6.54 Å². The van der Waals surface area contributed by atoms with Crippen molar-refractivity contribution in [2.45, 2.75) is 19.3 Å². The first-order valence-corrected chi connectivity index (χ1v) is 8.66. The van der Waals surface area contributed by atoms with Gasteiger partial charge >= 0.3 is 5.97 Å². The molecule has 1 fully saturated rings. The highest BCUT2D eigenvalue weighted by molar-refractivity contribution is 7.99. The Hall–Kier alpha value is -2.02. The minimum Gasteiger partial charge on any atom is -0.480 e. The second-order valence-corrected chi connectivity index (χ2v) is 6.64. The Morgan fingerprint density at radius 1 is 1.13 bits per heavy atom. The summed E-state index contributed by atoms with van der Waals surface area (Å²) >= 11 is 1.88. The van der Waals surface area contributed by atoms with E-state index < -0.39 is 5.97 Å². The molecule has 2 rings (SSSR count). The maximum Gasteiger partial charge on any atom is 0.322 e. The minimum atomic E-state index is -1.07. The zero-order valence-corrected chi connectivity index (χ0v) is 13.5. The second kappa shape index (κ2) is 8.57. The molecule has 1 heterocycles. The molecule has 0 aliphatic carbocycles. The summed E-state index contributed by atoms with van der Waals surface area (Å²) in [6.07, 6.45) is 1.94. The number of benzene rings is 1. The summed E-state index contributed by atoms with van der Waals surface area (Å²) in [5, 5.41) is 13.7. The first-order chi connectivity index (χ1) is 11.0. The fourth-order valence-electron chi connectivity index (χ4n) is 2.33. The van der Waals surface area contributed by atoms with Crippen molar-refractivity contribution in [1.82, 2.24) is 5.32 Å². The molecule has 6 nitrogen and oxygen atoms in total. The summed E-state index contributed by atoms with van der Waals surface area (Å²) in [5.74, 6) is 0.779. The highest BCUT2D eigenvalue weighted by atomic mass is 32.2. The summed E-state index contributed by atoms with van der Waals surface area (Å²) in [6, 6.07) is 7.03. The van der Waals surface area contributed by atoms with Gasteiger partial charge in [-0.05, 0) is 42.0 Å². The van der Waals surface area contributed by atoms with Crippen LogP contribution in [0.3, 0.4) is 0 Å². The molecule has 0 spiro atoms. The molecule has 1 saturated heterocycles. The van der Waals surface area contributed by atoms with Gasteiger partial charge in [0.15, 0.2) is 0 Å². The molecule has 1 aromatic rings. The van der Waals surface area contributed by atoms with Crippen LogP contribution >= 0.6 is 11.8 Å². The summed E-state index contributed by atoms with van der Waals surface area (Å²) in [7, 11) is 0. The second-order valence-electron chi connectivity index (χ2n) is 5.42. The normalized spacial score (nSPS) is 15.0. The van der Waals surface area contributed by atoms with E-state index in [1.807, 2.05) is 11.8 Å². The van der Waals surface area contributed by atoms with Gasteiger partial charge < -0.3 is 15.7 Å². The number of nitrogens with one attached hydrogen (secondary N) is 2. The summed E-state index contributed by atoms with van der Waals surface area (Å²) < 4.78 is 0. The third kappa shape index (κ3) is 5.94. The van der Waals surface area contributed by atoms with Gasteiger partial charge in [-0.1, -0.05) is 12.1 Å². The molecule has 2 amide bonds. The Morgan fingerprint density at radius 2 is 1.78 bits per heavy atom. The number of thioether (sulfide) groups is 1. The van der Waals surface area contributed by atoms with Crippen LogP contribution in [0.15, 0.2) is 24.3 Å². The first-order valence-electron chi connectivity index (χ1n) is 7.50. The van der Waals surface area contributed by atoms with Crippen molar-refractivity contribution in [2.75, 3.05) is 23.4 Å². The van der Waals surface area contributed by atoms with Crippen LogP contribution in [0, 0.1) is 5.92 Å². The number of hydrogen-bond donors (Lipinski definition) is 3. The monoisotopic (exact) mass is 336 g/mol. The van der Waals surface area contributed by atoms with Crippen LogP contribution in [0.2, 0.25) is 0 Å². The number of rotatable bonds is 6. The maximum absolute atomic E-state index is 12.1. The molecule has 7 heteroatoms. The summed E-state index contributed by atoms with van der Waals surface area (Å²) in [4.78, 5) is 34.1. The van der Waals surface area contributed by atoms with Crippen molar-refractivity contribution in [2.24, 2.45) is 5.92 Å². The summed E-state index contributed by atoms with van der Waals surface area (Å²) in [5.41, 5.74) is 1.47. The fraction of sp³-hybridized carbons (Fsp3) is 0.438. The molecule has 3 N–H and O–H groups in total. The standard InChI is InChI=1S/C16H20N2O4S/c19-14(17-10-15(20)21)9-11-1-3-13(4-2-11)18-16(22)12-5-7-23-8-6-12/h1-4,12H,5-10H2,(H,17,19)(H,18,22)(H,20,21). The molecule has 1 aliphatic rings. The molecule has 124 valence electrons. The van der Waals surface area contributed by atoms with Crippen molar-refractivity contribution >= 4 is 35.2 Å². The molecular weight excluding hydrogens is 316 g/mol. The van der Waals surface area contributed by atoms with Crippen LogP contribution < -0.4 is 10.6 Å². The Labute approximate surface area is 139 Å². The van der Waals surface area contributed by atoms with Crippen molar-refractivity contribution in [3.8, 4) is 0 Å². The van der Waals surface area contributed by atoms with E-state index in [4.69, 9.17) is 5.11 Å². The van der Waals surface area contributed by atoms with Gasteiger partial charge in [0, 0.05) is 11.6 Å². The molecule has 0 saturated carbocycles. The Bertz CT molecular complexity index is 568. The van der Waals surface area contributed by atoms with Gasteiger partial charge in [0.05, 0.1) is 6.42 Å². The van der Waals surface area contributed by atoms with Crippen LogP contribution in [0.4, 0.5) is 5.69 Å². The van der Waals surface area contributed by atoms with Crippen LogP contribution in [0.5, 0.6) is 0 Å². The molecule has 1 aromatic carbocycles. The number of hydrogen-bond acceptors (Lipinski definition) is 4. The smallest absolute Gasteiger partial charge is 0.322 e. The van der Waals surface area contributed by atoms with E-state index in [1.165, 1.54) is 0 Å². The third-order valence-corrected chi connectivity index (χ3v) is 4.66. The topological polar surface area (TPSA) is 95.5 Å². The van der Waals surface area contributed by atoms with Gasteiger partial charge in [-0.25, -0.2) is 0 Å². The number of carboxylic acid groups (broad SMARTS) is 1. The van der Waals surface area contributed by atoms with Gasteiger partial charge in [-0.2, -0.15) is 11.8 Å². The quantitative estimate of drug-likeness (QED) is 0.732. The first kappa shape index (κ1) is 17.3. The van der Waals surface area contributed by atoms with E-state index in [9.17, 15) is 14.4 Å². The van der Waals surface area contributed by atoms with Crippen LogP contribution in [-0.2, 0) is 20.8 Å². The lowest BCUT2D eigenvalue weighted by atomic mass is 10.0. The zero-order valence-electron chi connectivity index (χ0n) is 12.7. The molecule has 0 unspecified atom stereocenters. The van der Waals surface area contributed by atoms with E-state index >= 15 is 0 Å². The van der Waals surface area contributed by atoms with E-state index in [0.717, 1.165) is 29.9 Å². The third-order valence-electron chi connectivity index (χ3n) is 3.62. The van der Waals surface area contributed by atoms with Crippen molar-refractivity contribution in [3.63, 3.8) is 0 Å². The molecule has 0 atom stereocenters. The summed E-state index contributed by atoms with van der Waals surface area (Å²) in [6.45, 7) is -0.382. The number of carbonyl (C=O) groups excluding carboxylic acids is 2. The Morgan fingerprint density at radius 3 is 2.39 bits per heavy atom. The lowest BCUT2D eigenvalue weighted by molar-refractivity contribution is -0.137. The molecule has 1 aliphatic heterocycles. The van der Waals surface area contributed by atoms with Crippen molar-refractivity contribution < 1.29 is 19.5 Å². The zero-order chi connectivity index (χ0) is 16.7. The lowest BCUT2D eigenvalue weighted by Gasteiger charge is -2.20. The van der Waals surface area contributed by atoms with Gasteiger partial charge in [0.25, 0.3) is 0 Å². The molecule has 23 heavy (non-hydrogen) atoms. The molecule has 0 aromatic heterocycles. The van der Waals surface area contributed by atoms with E-state index in [-0.39, 0.29) is 30.7 Å². The largest absolute Gasteiger partial charge is 0.480 e. The maximum atomic E-state index is 12.1. The number of amides is 2. The Kier molecular flexibility index (Phi) is 6.46. The predicted octanol–water partition coefficient (Wildman–Crippen LogP) is 1.51. The highest BCUT2D eigenvalue weighted by Gasteiger charge is 2.21. The predicted molar refractivity (Wildman–Crippen MR) is 89.5 cm³/mol. The van der Waals surface area contributed by atoms with Crippen molar-refractivity contribution in [1.29, 1.82) is 0 Å². The van der Waals surface area contributed by atoms with E-state index in [2.05, 4.69) is 10.6 Å². The molecular formula is C16H20N2O4S. The fourth-order valence-corrected chi connectivity index (χ4v) is 3.44. The minimum absolute atomic E-state index is 0.0530. The van der Waals surface area contributed by atoms with E-state index in [1.54, 1.807) is 24.3 Å². The number of carboxylic acids is 1. The SMILES string of the molecule is O=C(O)CNC(=O)Cc1ccc(NC(=O)C2CCSCC2)cc1. The van der Waals surface area contributed by atoms with Gasteiger partial charge in [0.2, 0.25) is 11.8 Å². The van der Waals surface area contributed by atoms with Crippen LogP contribution in [-0.4, -0.2) is 40.9 Å². The highest BCUT2D eigenvalue weighted by Crippen LogP contribution is 2.24. The number of aliphatic carboxylic acids is 1.